The molecule has 10 aromatic rings. The van der Waals surface area contributed by atoms with Crippen molar-refractivity contribution in [3.63, 3.8) is 0 Å². The monoisotopic (exact) mass is 698 g/mol. The lowest BCUT2D eigenvalue weighted by molar-refractivity contribution is 0.105. The fourth-order valence-electron chi connectivity index (χ4n) is 8.90. The van der Waals surface area contributed by atoms with Crippen molar-refractivity contribution >= 4 is 75.4 Å². The molecule has 0 bridgehead atoms. The average molecular weight is 699 g/mol. The maximum atomic E-state index is 6.72. The van der Waals surface area contributed by atoms with E-state index < -0.39 is 0 Å². The number of rotatable bonds is 13. The fraction of sp³-hybridized carbons (Fsp3) is 0.0980. The van der Waals surface area contributed by atoms with Crippen LogP contribution < -0.4 is 4.74 Å². The summed E-state index contributed by atoms with van der Waals surface area (Å²) < 4.78 is 19.2. The Balaban J connectivity index is 1.26. The summed E-state index contributed by atoms with van der Waals surface area (Å²) in [4.78, 5) is 0. The molecular formula is C51H38O3. The first-order valence-electron chi connectivity index (χ1n) is 18.6. The molecule has 0 heterocycles. The highest BCUT2D eigenvalue weighted by molar-refractivity contribution is 6.45. The Labute approximate surface area is 314 Å². The number of hydrogen-bond acceptors (Lipinski definition) is 3. The summed E-state index contributed by atoms with van der Waals surface area (Å²) in [5.41, 5.74) is 4.49. The van der Waals surface area contributed by atoms with Gasteiger partial charge in [-0.1, -0.05) is 122 Å². The molecule has 54 heavy (non-hydrogen) atoms. The van der Waals surface area contributed by atoms with Crippen LogP contribution in [0.4, 0.5) is 0 Å². The summed E-state index contributed by atoms with van der Waals surface area (Å²) in [6, 6.07) is 46.5. The first-order valence-corrected chi connectivity index (χ1v) is 18.6. The van der Waals surface area contributed by atoms with Crippen molar-refractivity contribution in [1.29, 1.82) is 0 Å². The minimum Gasteiger partial charge on any atom is -0.490 e. The summed E-state index contributed by atoms with van der Waals surface area (Å²) in [6.45, 7) is 13.1. The number of ether oxygens (including phenoxy) is 3. The highest BCUT2D eigenvalue weighted by Crippen LogP contribution is 2.52. The summed E-state index contributed by atoms with van der Waals surface area (Å²) in [7, 11) is 0. The summed E-state index contributed by atoms with van der Waals surface area (Å²) >= 11 is 0. The molecule has 260 valence electrons. The van der Waals surface area contributed by atoms with E-state index in [-0.39, 0.29) is 12.2 Å². The summed E-state index contributed by atoms with van der Waals surface area (Å²) in [5, 5.41) is 17.5. The normalized spacial score (nSPS) is 13.3. The smallest absolute Gasteiger partial charge is 0.119 e. The quantitative estimate of drug-likeness (QED) is 0.0681. The first-order chi connectivity index (χ1) is 26.7. The van der Waals surface area contributed by atoms with Gasteiger partial charge in [0.1, 0.15) is 24.6 Å². The summed E-state index contributed by atoms with van der Waals surface area (Å²) in [6.07, 6.45) is 4.83. The Hall–Kier alpha value is -6.26. The van der Waals surface area contributed by atoms with E-state index in [4.69, 9.17) is 14.2 Å². The maximum absolute atomic E-state index is 6.72. The van der Waals surface area contributed by atoms with E-state index in [2.05, 4.69) is 135 Å². The molecule has 0 N–H and O–H groups in total. The van der Waals surface area contributed by atoms with E-state index in [0.717, 1.165) is 22.4 Å². The van der Waals surface area contributed by atoms with E-state index in [0.29, 0.717) is 19.8 Å². The van der Waals surface area contributed by atoms with E-state index >= 15 is 0 Å². The van der Waals surface area contributed by atoms with Crippen molar-refractivity contribution in [3.8, 4) is 5.75 Å². The van der Waals surface area contributed by atoms with Gasteiger partial charge < -0.3 is 14.2 Å². The van der Waals surface area contributed by atoms with E-state index in [1.165, 1.54) is 81.0 Å². The average Bonchev–Trinajstić information content (AvgIpc) is 3.22. The molecule has 0 aliphatic carbocycles. The predicted molar refractivity (Wildman–Crippen MR) is 227 cm³/mol. The SMILES string of the molecule is C=CCOc1ccc(C(OCC=C)c2cc3ccc4ccc5c(C(OCC=C)c6ccc7ccccc7c6)cc6ccc7ccc2c2c7c6c5c4c32)cc1. The van der Waals surface area contributed by atoms with Gasteiger partial charge in [0.05, 0.1) is 13.2 Å². The van der Waals surface area contributed by atoms with Crippen LogP contribution in [0.15, 0.2) is 165 Å². The third-order valence-corrected chi connectivity index (χ3v) is 11.1. The lowest BCUT2D eigenvalue weighted by Crippen LogP contribution is -2.09. The Bertz CT molecular complexity index is 2990. The van der Waals surface area contributed by atoms with Gasteiger partial charge in [-0.2, -0.15) is 0 Å². The molecule has 2 atom stereocenters. The zero-order valence-electron chi connectivity index (χ0n) is 30.0. The van der Waals surface area contributed by atoms with Crippen molar-refractivity contribution in [2.75, 3.05) is 19.8 Å². The highest BCUT2D eigenvalue weighted by Gasteiger charge is 2.28. The molecule has 0 aliphatic rings. The molecule has 10 rings (SSSR count). The van der Waals surface area contributed by atoms with Crippen LogP contribution in [0, 0.1) is 0 Å². The van der Waals surface area contributed by atoms with Crippen LogP contribution in [0.1, 0.15) is 34.5 Å². The molecule has 0 saturated carbocycles. The van der Waals surface area contributed by atoms with Crippen LogP contribution in [-0.4, -0.2) is 19.8 Å². The molecule has 0 aromatic heterocycles. The molecule has 0 amide bonds. The first kappa shape index (κ1) is 32.4. The second kappa shape index (κ2) is 13.0. The molecule has 0 radical (unpaired) electrons. The Morgan fingerprint density at radius 3 is 1.44 bits per heavy atom. The lowest BCUT2D eigenvalue weighted by Gasteiger charge is -2.27. The van der Waals surface area contributed by atoms with Crippen LogP contribution in [0.5, 0.6) is 5.75 Å². The Morgan fingerprint density at radius 2 is 0.870 bits per heavy atom. The van der Waals surface area contributed by atoms with Crippen LogP contribution in [0.25, 0.3) is 75.4 Å². The Morgan fingerprint density at radius 1 is 0.407 bits per heavy atom. The second-order valence-corrected chi connectivity index (χ2v) is 14.2. The number of hydrogen-bond donors (Lipinski definition) is 0. The molecule has 0 aliphatic heterocycles. The van der Waals surface area contributed by atoms with Crippen LogP contribution in [0.3, 0.4) is 0 Å². The molecule has 0 spiro atoms. The van der Waals surface area contributed by atoms with Gasteiger partial charge in [-0.05, 0) is 128 Å². The lowest BCUT2D eigenvalue weighted by atomic mass is 9.79. The topological polar surface area (TPSA) is 27.7 Å². The predicted octanol–water partition coefficient (Wildman–Crippen LogP) is 13.2. The largest absolute Gasteiger partial charge is 0.490 e. The van der Waals surface area contributed by atoms with Crippen LogP contribution in [0.2, 0.25) is 0 Å². The van der Waals surface area contributed by atoms with Gasteiger partial charge in [-0.25, -0.2) is 0 Å². The minimum absolute atomic E-state index is 0.278. The van der Waals surface area contributed by atoms with Crippen molar-refractivity contribution < 1.29 is 14.2 Å². The summed E-state index contributed by atoms with van der Waals surface area (Å²) in [5.74, 6) is 0.802. The number of fused-ring (bicyclic) bond motifs is 1. The van der Waals surface area contributed by atoms with Crippen molar-refractivity contribution in [2.24, 2.45) is 0 Å². The molecule has 3 nitrogen and oxygen atoms in total. The van der Waals surface area contributed by atoms with Crippen LogP contribution in [-0.2, 0) is 9.47 Å². The van der Waals surface area contributed by atoms with Gasteiger partial charge in [-0.15, -0.1) is 13.2 Å². The third-order valence-electron chi connectivity index (χ3n) is 11.1. The van der Waals surface area contributed by atoms with E-state index in [9.17, 15) is 0 Å². The Kier molecular flexibility index (Phi) is 7.80. The molecular weight excluding hydrogens is 661 g/mol. The van der Waals surface area contributed by atoms with Crippen molar-refractivity contribution in [1.82, 2.24) is 0 Å². The van der Waals surface area contributed by atoms with Crippen LogP contribution >= 0.6 is 0 Å². The zero-order valence-corrected chi connectivity index (χ0v) is 30.0. The van der Waals surface area contributed by atoms with Crippen molar-refractivity contribution in [3.05, 3.63) is 188 Å². The molecule has 2 unspecified atom stereocenters. The molecule has 0 fully saturated rings. The second-order valence-electron chi connectivity index (χ2n) is 14.2. The highest BCUT2D eigenvalue weighted by atomic mass is 16.5. The van der Waals surface area contributed by atoms with Gasteiger partial charge in [0.15, 0.2) is 0 Å². The maximum Gasteiger partial charge on any atom is 0.119 e. The van der Waals surface area contributed by atoms with Gasteiger partial charge in [0.25, 0.3) is 0 Å². The van der Waals surface area contributed by atoms with Gasteiger partial charge in [0, 0.05) is 0 Å². The molecule has 0 saturated heterocycles. The zero-order chi connectivity index (χ0) is 36.3. The van der Waals surface area contributed by atoms with Gasteiger partial charge in [0.2, 0.25) is 0 Å². The fourth-order valence-corrected chi connectivity index (χ4v) is 8.90. The van der Waals surface area contributed by atoms with E-state index in [1.54, 1.807) is 6.08 Å². The third kappa shape index (κ3) is 4.97. The van der Waals surface area contributed by atoms with E-state index in [1.807, 2.05) is 24.3 Å². The van der Waals surface area contributed by atoms with Gasteiger partial charge in [-0.3, -0.25) is 0 Å². The van der Waals surface area contributed by atoms with Gasteiger partial charge >= 0.3 is 0 Å². The molecule has 3 heteroatoms. The number of benzene rings is 10. The minimum atomic E-state index is -0.308. The van der Waals surface area contributed by atoms with Crippen molar-refractivity contribution in [2.45, 2.75) is 12.2 Å². The molecule has 10 aromatic carbocycles. The standard InChI is InChI=1S/C51H38O3/c1-4-25-52-39-21-17-34(18-22-39)50(53-26-5-2)42-29-36-14-12-33-20-24-41-43(51(54-27-6-3)38-16-11-31-9-7-8-10-35(31)28-38)30-37-15-13-32-19-23-40(42)48-44(32)47(37)49(41)45(33)46(36)48/h4-24,28-30,50-51H,1-3,25-27H2.